The maximum atomic E-state index is 14.3. The molecule has 0 spiro atoms. The fourth-order valence-corrected chi connectivity index (χ4v) is 2.48. The summed E-state index contributed by atoms with van der Waals surface area (Å²) in [4.78, 5) is 0. The first-order valence-electron chi connectivity index (χ1n) is 7.79. The Labute approximate surface area is 151 Å². The van der Waals surface area contributed by atoms with Crippen molar-refractivity contribution in [1.29, 1.82) is 0 Å². The quantitative estimate of drug-likeness (QED) is 0.570. The summed E-state index contributed by atoms with van der Waals surface area (Å²) in [6.07, 6.45) is -4.19. The molecule has 0 saturated carbocycles. The van der Waals surface area contributed by atoms with Crippen molar-refractivity contribution in [2.75, 3.05) is 0 Å². The molecule has 27 heavy (non-hydrogen) atoms. The number of hydrogen-bond donors (Lipinski definition) is 1. The van der Waals surface area contributed by atoms with Crippen LogP contribution in [0.25, 0.3) is 11.1 Å². The van der Waals surface area contributed by atoms with Gasteiger partial charge in [-0.2, -0.15) is 8.78 Å². The number of ether oxygens (including phenoxy) is 1. The third-order valence-electron chi connectivity index (χ3n) is 3.90. The molecule has 3 aromatic carbocycles. The molecular formula is C20H13F5O2. The third-order valence-corrected chi connectivity index (χ3v) is 3.90. The van der Waals surface area contributed by atoms with Gasteiger partial charge in [-0.05, 0) is 30.2 Å². The van der Waals surface area contributed by atoms with Gasteiger partial charge < -0.3 is 9.84 Å². The van der Waals surface area contributed by atoms with Crippen LogP contribution in [0, 0.1) is 24.4 Å². The second-order valence-corrected chi connectivity index (χ2v) is 5.92. The van der Waals surface area contributed by atoms with Gasteiger partial charge in [0.25, 0.3) is 0 Å². The Hall–Kier alpha value is -3.09. The zero-order chi connectivity index (χ0) is 19.8. The van der Waals surface area contributed by atoms with E-state index in [4.69, 9.17) is 5.11 Å². The summed E-state index contributed by atoms with van der Waals surface area (Å²) < 4.78 is 73.7. The maximum absolute atomic E-state index is 14.3. The molecule has 0 fully saturated rings. The monoisotopic (exact) mass is 380 g/mol. The molecule has 0 saturated heterocycles. The molecule has 0 amide bonds. The van der Waals surface area contributed by atoms with Gasteiger partial charge in [0, 0.05) is 12.1 Å². The van der Waals surface area contributed by atoms with Gasteiger partial charge in [-0.1, -0.05) is 35.9 Å². The Kier molecular flexibility index (Phi) is 4.78. The van der Waals surface area contributed by atoms with E-state index in [9.17, 15) is 22.0 Å². The smallest absolute Gasteiger partial charge is 0.429 e. The van der Waals surface area contributed by atoms with E-state index < -0.39 is 40.6 Å². The summed E-state index contributed by atoms with van der Waals surface area (Å²) in [5, 5.41) is 8.99. The Morgan fingerprint density at radius 3 is 1.89 bits per heavy atom. The highest BCUT2D eigenvalue weighted by atomic mass is 19.3. The highest BCUT2D eigenvalue weighted by Gasteiger charge is 2.38. The molecule has 0 aliphatic rings. The van der Waals surface area contributed by atoms with Gasteiger partial charge in [-0.3, -0.25) is 0 Å². The standard InChI is InChI=1S/C20H13F5O2/c1-11-2-4-12(5-3-11)13-6-7-15(16(21)8-13)20(24,25)27-14-9-17(22)19(26)18(23)10-14/h2-10,26H,1H3. The van der Waals surface area contributed by atoms with Crippen molar-refractivity contribution in [3.63, 3.8) is 0 Å². The number of phenolic OH excluding ortho intramolecular Hbond substituents is 1. The molecule has 0 heterocycles. The van der Waals surface area contributed by atoms with Crippen molar-refractivity contribution in [2.45, 2.75) is 13.0 Å². The molecule has 7 heteroatoms. The first-order chi connectivity index (χ1) is 12.7. The van der Waals surface area contributed by atoms with Crippen LogP contribution in [-0.4, -0.2) is 5.11 Å². The van der Waals surface area contributed by atoms with Crippen molar-refractivity contribution in [3.05, 3.63) is 83.2 Å². The van der Waals surface area contributed by atoms with E-state index in [2.05, 4.69) is 4.74 Å². The summed E-state index contributed by atoms with van der Waals surface area (Å²) in [5.74, 6) is -6.40. The number of rotatable bonds is 4. The Morgan fingerprint density at radius 2 is 1.33 bits per heavy atom. The zero-order valence-electron chi connectivity index (χ0n) is 13.9. The largest absolute Gasteiger partial charge is 0.503 e. The van der Waals surface area contributed by atoms with E-state index in [0.29, 0.717) is 23.3 Å². The van der Waals surface area contributed by atoms with Gasteiger partial charge in [-0.25, -0.2) is 13.2 Å². The SMILES string of the molecule is Cc1ccc(-c2ccc(C(F)(F)Oc3cc(F)c(O)c(F)c3)c(F)c2)cc1. The fourth-order valence-electron chi connectivity index (χ4n) is 2.48. The Balaban J connectivity index is 1.91. The van der Waals surface area contributed by atoms with Crippen molar-refractivity contribution >= 4 is 0 Å². The Bertz CT molecular complexity index is 961. The predicted octanol–water partition coefficient (Wildman–Crippen LogP) is 5.91. The molecule has 3 rings (SSSR count). The molecule has 0 aliphatic carbocycles. The molecule has 0 unspecified atom stereocenters. The molecule has 0 atom stereocenters. The van der Waals surface area contributed by atoms with Gasteiger partial charge in [-0.15, -0.1) is 0 Å². The van der Waals surface area contributed by atoms with Gasteiger partial charge in [0.2, 0.25) is 0 Å². The number of alkyl halides is 2. The third kappa shape index (κ3) is 3.86. The van der Waals surface area contributed by atoms with Crippen molar-refractivity contribution in [3.8, 4) is 22.6 Å². The summed E-state index contributed by atoms with van der Waals surface area (Å²) in [7, 11) is 0. The van der Waals surface area contributed by atoms with Crippen LogP contribution in [0.2, 0.25) is 0 Å². The molecule has 140 valence electrons. The van der Waals surface area contributed by atoms with Gasteiger partial charge in [0.05, 0.1) is 5.56 Å². The average molecular weight is 380 g/mol. The Morgan fingerprint density at radius 1 is 0.778 bits per heavy atom. The highest BCUT2D eigenvalue weighted by molar-refractivity contribution is 5.64. The summed E-state index contributed by atoms with van der Waals surface area (Å²) in [6, 6.07) is 10.9. The van der Waals surface area contributed by atoms with E-state index in [-0.39, 0.29) is 0 Å². The molecule has 0 aliphatic heterocycles. The maximum Gasteiger partial charge on any atom is 0.429 e. The molecule has 2 nitrogen and oxygen atoms in total. The van der Waals surface area contributed by atoms with Crippen molar-refractivity contribution in [1.82, 2.24) is 0 Å². The molecule has 1 N–H and O–H groups in total. The van der Waals surface area contributed by atoms with Crippen LogP contribution in [0.4, 0.5) is 22.0 Å². The van der Waals surface area contributed by atoms with Crippen molar-refractivity contribution in [2.24, 2.45) is 0 Å². The van der Waals surface area contributed by atoms with Crippen LogP contribution < -0.4 is 4.74 Å². The topological polar surface area (TPSA) is 29.5 Å². The average Bonchev–Trinajstić information content (AvgIpc) is 2.59. The number of phenols is 1. The van der Waals surface area contributed by atoms with Crippen LogP contribution in [0.1, 0.15) is 11.1 Å². The van der Waals surface area contributed by atoms with E-state index in [0.717, 1.165) is 17.7 Å². The molecule has 0 bridgehead atoms. The second-order valence-electron chi connectivity index (χ2n) is 5.92. The van der Waals surface area contributed by atoms with Crippen LogP contribution in [0.5, 0.6) is 11.5 Å². The van der Waals surface area contributed by atoms with Gasteiger partial charge >= 0.3 is 6.11 Å². The number of aromatic hydroxyl groups is 1. The lowest BCUT2D eigenvalue weighted by molar-refractivity contribution is -0.187. The number of hydrogen-bond acceptors (Lipinski definition) is 2. The fraction of sp³-hybridized carbons (Fsp3) is 0.100. The van der Waals surface area contributed by atoms with Gasteiger partial charge in [0.15, 0.2) is 17.4 Å². The number of benzene rings is 3. The first kappa shape index (κ1) is 18.7. The van der Waals surface area contributed by atoms with Crippen molar-refractivity contribution < 1.29 is 31.8 Å². The number of halogens is 5. The van der Waals surface area contributed by atoms with Gasteiger partial charge in [0.1, 0.15) is 11.6 Å². The summed E-state index contributed by atoms with van der Waals surface area (Å²) in [6.45, 7) is 1.88. The van der Waals surface area contributed by atoms with Crippen LogP contribution in [-0.2, 0) is 6.11 Å². The van der Waals surface area contributed by atoms with Crippen LogP contribution in [0.3, 0.4) is 0 Å². The van der Waals surface area contributed by atoms with Crippen LogP contribution >= 0.6 is 0 Å². The minimum absolute atomic E-state index is 0.380. The second kappa shape index (κ2) is 6.90. The number of aryl methyl sites for hydroxylation is 1. The zero-order valence-corrected chi connectivity index (χ0v) is 13.9. The molecule has 3 aromatic rings. The normalized spacial score (nSPS) is 11.5. The van der Waals surface area contributed by atoms with E-state index in [1.807, 2.05) is 6.92 Å². The van der Waals surface area contributed by atoms with E-state index in [1.54, 1.807) is 24.3 Å². The molecule has 0 radical (unpaired) electrons. The van der Waals surface area contributed by atoms with E-state index in [1.165, 1.54) is 6.07 Å². The van der Waals surface area contributed by atoms with Crippen LogP contribution in [0.15, 0.2) is 54.6 Å². The lowest BCUT2D eigenvalue weighted by atomic mass is 10.0. The first-order valence-corrected chi connectivity index (χ1v) is 7.79. The lowest BCUT2D eigenvalue weighted by Crippen LogP contribution is -2.23. The molecule has 0 aromatic heterocycles. The minimum Gasteiger partial charge on any atom is -0.503 e. The minimum atomic E-state index is -4.19. The summed E-state index contributed by atoms with van der Waals surface area (Å²) in [5.41, 5.74) is 0.920. The van der Waals surface area contributed by atoms with E-state index >= 15 is 0 Å². The highest BCUT2D eigenvalue weighted by Crippen LogP contribution is 2.36. The molecular weight excluding hydrogens is 367 g/mol. The predicted molar refractivity (Wildman–Crippen MR) is 89.1 cm³/mol. The summed E-state index contributed by atoms with van der Waals surface area (Å²) >= 11 is 0. The lowest BCUT2D eigenvalue weighted by Gasteiger charge is -2.19.